The first-order valence-corrected chi connectivity index (χ1v) is 7.51. The summed E-state index contributed by atoms with van der Waals surface area (Å²) in [5.74, 6) is -0.190. The summed E-state index contributed by atoms with van der Waals surface area (Å²) in [7, 11) is 0. The van der Waals surface area contributed by atoms with E-state index in [0.29, 0.717) is 5.75 Å². The number of fused-ring (bicyclic) bond motifs is 1. The molecule has 1 heterocycles. The average molecular weight is 281 g/mol. The number of nitrogens with zero attached hydrogens (tertiary/aromatic N) is 1. The molecule has 18 heavy (non-hydrogen) atoms. The predicted molar refractivity (Wildman–Crippen MR) is 78.2 cm³/mol. The number of aliphatic imine (C=N–C) groups is 1. The summed E-state index contributed by atoms with van der Waals surface area (Å²) in [6.45, 7) is 4.25. The lowest BCUT2D eigenvalue weighted by Crippen LogP contribution is -2.27. The fraction of sp³-hybridized carbons (Fsp3) is 0.385. The lowest BCUT2D eigenvalue weighted by atomic mass is 10.2. The lowest BCUT2D eigenvalue weighted by molar-refractivity contribution is -0.136. The number of para-hydroxylation sites is 1. The van der Waals surface area contributed by atoms with Crippen LogP contribution in [0.3, 0.4) is 0 Å². The monoisotopic (exact) mass is 281 g/mol. The fourth-order valence-electron chi connectivity index (χ4n) is 1.64. The Labute approximate surface area is 115 Å². The van der Waals surface area contributed by atoms with Gasteiger partial charge in [0, 0.05) is 10.6 Å². The predicted octanol–water partition coefficient (Wildman–Crippen LogP) is 3.81. The molecule has 1 aliphatic rings. The molecular weight excluding hydrogens is 266 g/mol. The van der Waals surface area contributed by atoms with E-state index < -0.39 is 5.97 Å². The zero-order valence-corrected chi connectivity index (χ0v) is 12.0. The highest BCUT2D eigenvalue weighted by Gasteiger charge is 2.31. The van der Waals surface area contributed by atoms with E-state index in [1.54, 1.807) is 23.5 Å². The largest absolute Gasteiger partial charge is 0.481 e. The van der Waals surface area contributed by atoms with Gasteiger partial charge < -0.3 is 5.11 Å². The zero-order chi connectivity index (χ0) is 13.2. The number of carboxylic acid groups (broad SMARTS) is 1. The van der Waals surface area contributed by atoms with Gasteiger partial charge in [0.2, 0.25) is 0 Å². The molecule has 5 heteroatoms. The standard InChI is InChI=1S/C13H15NO2S2/c1-13(2)12(17-8-7-11(15)16)14-9-5-3-4-6-10(9)18-13/h3-6H,7-8H2,1-2H3,(H,15,16). The zero-order valence-electron chi connectivity index (χ0n) is 10.3. The van der Waals surface area contributed by atoms with Crippen molar-refractivity contribution in [2.24, 2.45) is 4.99 Å². The molecule has 0 atom stereocenters. The highest BCUT2D eigenvalue weighted by Crippen LogP contribution is 2.46. The van der Waals surface area contributed by atoms with Crippen molar-refractivity contribution < 1.29 is 9.90 Å². The minimum absolute atomic E-state index is 0.0858. The number of thioether (sulfide) groups is 2. The van der Waals surface area contributed by atoms with Gasteiger partial charge in [0.25, 0.3) is 0 Å². The van der Waals surface area contributed by atoms with Crippen molar-refractivity contribution in [3.63, 3.8) is 0 Å². The van der Waals surface area contributed by atoms with Gasteiger partial charge in [0.15, 0.2) is 0 Å². The molecule has 3 nitrogen and oxygen atoms in total. The Morgan fingerprint density at radius 3 is 2.89 bits per heavy atom. The molecule has 2 rings (SSSR count). The number of hydrogen-bond acceptors (Lipinski definition) is 4. The van der Waals surface area contributed by atoms with E-state index in [9.17, 15) is 4.79 Å². The van der Waals surface area contributed by atoms with E-state index in [4.69, 9.17) is 5.11 Å². The summed E-state index contributed by atoms with van der Waals surface area (Å²) >= 11 is 3.33. The van der Waals surface area contributed by atoms with Gasteiger partial charge in [-0.25, -0.2) is 4.99 Å². The molecule has 1 aliphatic heterocycles. The van der Waals surface area contributed by atoms with E-state index >= 15 is 0 Å². The molecule has 0 spiro atoms. The van der Waals surface area contributed by atoms with Gasteiger partial charge in [-0.3, -0.25) is 4.79 Å². The number of aliphatic carboxylic acids is 1. The summed E-state index contributed by atoms with van der Waals surface area (Å²) in [5, 5.41) is 9.68. The van der Waals surface area contributed by atoms with Gasteiger partial charge in [-0.15, -0.1) is 23.5 Å². The summed E-state index contributed by atoms with van der Waals surface area (Å²) in [6.07, 6.45) is 0.173. The molecule has 1 N–H and O–H groups in total. The van der Waals surface area contributed by atoms with Crippen molar-refractivity contribution in [1.82, 2.24) is 0 Å². The van der Waals surface area contributed by atoms with Crippen LogP contribution in [0.15, 0.2) is 34.2 Å². The van der Waals surface area contributed by atoms with E-state index in [2.05, 4.69) is 24.9 Å². The second-order valence-corrected chi connectivity index (χ2v) is 7.24. The second-order valence-electron chi connectivity index (χ2n) is 4.49. The number of benzene rings is 1. The maximum Gasteiger partial charge on any atom is 0.304 e. The fourth-order valence-corrected chi connectivity index (χ4v) is 3.97. The van der Waals surface area contributed by atoms with Crippen LogP contribution >= 0.6 is 23.5 Å². The Morgan fingerprint density at radius 1 is 1.44 bits per heavy atom. The Bertz CT molecular complexity index is 498. The highest BCUT2D eigenvalue weighted by molar-refractivity contribution is 8.16. The van der Waals surface area contributed by atoms with Gasteiger partial charge in [0.1, 0.15) is 0 Å². The van der Waals surface area contributed by atoms with Crippen molar-refractivity contribution in [2.75, 3.05) is 5.75 Å². The molecule has 0 bridgehead atoms. The average Bonchev–Trinajstić information content (AvgIpc) is 2.28. The molecule has 0 unspecified atom stereocenters. The summed E-state index contributed by atoms with van der Waals surface area (Å²) in [4.78, 5) is 16.4. The smallest absolute Gasteiger partial charge is 0.304 e. The molecule has 1 aromatic carbocycles. The molecular formula is C13H15NO2S2. The second kappa shape index (κ2) is 5.36. The summed E-state index contributed by atoms with van der Waals surface area (Å²) in [6, 6.07) is 8.06. The summed E-state index contributed by atoms with van der Waals surface area (Å²) < 4.78 is -0.0858. The Balaban J connectivity index is 2.17. The van der Waals surface area contributed by atoms with Gasteiger partial charge >= 0.3 is 5.97 Å². The Kier molecular flexibility index (Phi) is 4.02. The number of rotatable bonds is 3. The van der Waals surface area contributed by atoms with E-state index in [1.807, 2.05) is 18.2 Å². The summed E-state index contributed by atoms with van der Waals surface area (Å²) in [5.41, 5.74) is 0.986. The van der Waals surface area contributed by atoms with E-state index in [1.165, 1.54) is 4.90 Å². The first-order valence-electron chi connectivity index (χ1n) is 5.71. The van der Waals surface area contributed by atoms with Crippen LogP contribution in [0.25, 0.3) is 0 Å². The maximum atomic E-state index is 10.5. The molecule has 96 valence electrons. The van der Waals surface area contributed by atoms with Crippen LogP contribution in [0.1, 0.15) is 20.3 Å². The number of carbonyl (C=O) groups is 1. The van der Waals surface area contributed by atoms with Crippen molar-refractivity contribution in [3.05, 3.63) is 24.3 Å². The van der Waals surface area contributed by atoms with E-state index in [0.717, 1.165) is 10.7 Å². The van der Waals surface area contributed by atoms with Crippen molar-refractivity contribution in [2.45, 2.75) is 29.9 Å². The van der Waals surface area contributed by atoms with Crippen LogP contribution in [0.2, 0.25) is 0 Å². The van der Waals surface area contributed by atoms with Gasteiger partial charge in [-0.2, -0.15) is 0 Å². The molecule has 0 amide bonds. The Hall–Kier alpha value is -0.940. The van der Waals surface area contributed by atoms with Crippen molar-refractivity contribution in [3.8, 4) is 0 Å². The highest BCUT2D eigenvalue weighted by atomic mass is 32.2. The van der Waals surface area contributed by atoms with Crippen LogP contribution in [-0.2, 0) is 4.79 Å². The maximum absolute atomic E-state index is 10.5. The first kappa shape index (κ1) is 13.5. The molecule has 0 aromatic heterocycles. The third kappa shape index (κ3) is 3.09. The molecule has 0 aliphatic carbocycles. The number of hydrogen-bond donors (Lipinski definition) is 1. The lowest BCUT2D eigenvalue weighted by Gasteiger charge is -2.30. The third-order valence-electron chi connectivity index (χ3n) is 2.52. The van der Waals surface area contributed by atoms with E-state index in [-0.39, 0.29) is 11.2 Å². The Morgan fingerprint density at radius 2 is 2.17 bits per heavy atom. The van der Waals surface area contributed by atoms with Crippen LogP contribution < -0.4 is 0 Å². The van der Waals surface area contributed by atoms with Crippen LogP contribution in [-0.4, -0.2) is 26.6 Å². The SMILES string of the molecule is CC1(C)Sc2ccccc2N=C1SCCC(=O)O. The van der Waals surface area contributed by atoms with Crippen molar-refractivity contribution >= 4 is 40.2 Å². The molecule has 1 aromatic rings. The third-order valence-corrected chi connectivity index (χ3v) is 5.20. The molecule has 0 fully saturated rings. The van der Waals surface area contributed by atoms with Gasteiger partial charge in [-0.05, 0) is 26.0 Å². The van der Waals surface area contributed by atoms with Gasteiger partial charge in [0.05, 0.1) is 21.9 Å². The molecule has 0 saturated heterocycles. The van der Waals surface area contributed by atoms with Crippen molar-refractivity contribution in [1.29, 1.82) is 0 Å². The van der Waals surface area contributed by atoms with Crippen LogP contribution in [0, 0.1) is 0 Å². The quantitative estimate of drug-likeness (QED) is 0.915. The number of carboxylic acids is 1. The minimum Gasteiger partial charge on any atom is -0.481 e. The van der Waals surface area contributed by atoms with Crippen LogP contribution in [0.5, 0.6) is 0 Å². The minimum atomic E-state index is -0.759. The normalized spacial score (nSPS) is 16.9. The molecule has 0 saturated carbocycles. The topological polar surface area (TPSA) is 49.7 Å². The van der Waals surface area contributed by atoms with Crippen LogP contribution in [0.4, 0.5) is 5.69 Å². The molecule has 0 radical (unpaired) electrons. The van der Waals surface area contributed by atoms with Gasteiger partial charge in [-0.1, -0.05) is 12.1 Å². The first-order chi connectivity index (χ1) is 8.49.